The van der Waals surface area contributed by atoms with Crippen LogP contribution in [-0.2, 0) is 4.79 Å². The van der Waals surface area contributed by atoms with Crippen LogP contribution >= 0.6 is 0 Å². The lowest BCUT2D eigenvalue weighted by atomic mass is 9.49. The first kappa shape index (κ1) is 14.5. The summed E-state index contributed by atoms with van der Waals surface area (Å²) in [4.78, 5) is 11.8. The van der Waals surface area contributed by atoms with Crippen LogP contribution in [0.1, 0.15) is 52.4 Å². The van der Waals surface area contributed by atoms with E-state index in [9.17, 15) is 15.0 Å². The molecule has 0 saturated heterocycles. The van der Waals surface area contributed by atoms with E-state index in [2.05, 4.69) is 13.8 Å². The molecule has 0 spiro atoms. The molecular formula is C19H26O3. The molecule has 4 aliphatic carbocycles. The zero-order valence-corrected chi connectivity index (χ0v) is 13.5. The van der Waals surface area contributed by atoms with Crippen LogP contribution in [0.15, 0.2) is 23.5 Å². The van der Waals surface area contributed by atoms with Crippen LogP contribution in [-0.4, -0.2) is 22.1 Å². The van der Waals surface area contributed by atoms with Gasteiger partial charge in [-0.2, -0.15) is 0 Å². The SMILES string of the molecule is CC12CCC(=O)C=C1C(O)=CC1C2CCC2(C)C(O)CCC12. The van der Waals surface area contributed by atoms with E-state index in [-0.39, 0.29) is 22.7 Å². The molecule has 2 fully saturated rings. The summed E-state index contributed by atoms with van der Waals surface area (Å²) in [7, 11) is 0. The molecule has 0 bridgehead atoms. The van der Waals surface area contributed by atoms with Gasteiger partial charge < -0.3 is 10.2 Å². The molecule has 6 unspecified atom stereocenters. The van der Waals surface area contributed by atoms with Crippen molar-refractivity contribution < 1.29 is 15.0 Å². The van der Waals surface area contributed by atoms with Crippen LogP contribution in [0.25, 0.3) is 0 Å². The van der Waals surface area contributed by atoms with Crippen molar-refractivity contribution in [2.24, 2.45) is 28.6 Å². The Morgan fingerprint density at radius 3 is 2.68 bits per heavy atom. The Labute approximate surface area is 132 Å². The molecule has 22 heavy (non-hydrogen) atoms. The predicted molar refractivity (Wildman–Crippen MR) is 84.2 cm³/mol. The first-order valence-electron chi connectivity index (χ1n) is 8.70. The second-order valence-corrected chi connectivity index (χ2v) is 8.42. The smallest absolute Gasteiger partial charge is 0.156 e. The van der Waals surface area contributed by atoms with Gasteiger partial charge in [0.2, 0.25) is 0 Å². The molecule has 0 radical (unpaired) electrons. The standard InChI is InChI=1S/C19H26O3/c1-18-7-5-11(20)9-15(18)16(21)10-12-13-3-4-17(22)19(13,2)8-6-14(12)18/h9-10,12-14,17,21-22H,3-8H2,1-2H3. The molecule has 6 atom stereocenters. The van der Waals surface area contributed by atoms with Crippen molar-refractivity contribution in [2.75, 3.05) is 0 Å². The van der Waals surface area contributed by atoms with E-state index in [1.54, 1.807) is 6.08 Å². The maximum atomic E-state index is 11.8. The summed E-state index contributed by atoms with van der Waals surface area (Å²) < 4.78 is 0. The van der Waals surface area contributed by atoms with Gasteiger partial charge in [0.25, 0.3) is 0 Å². The number of hydrogen-bond acceptors (Lipinski definition) is 3. The average Bonchev–Trinajstić information content (AvgIpc) is 2.77. The summed E-state index contributed by atoms with van der Waals surface area (Å²) in [6, 6.07) is 0. The normalized spacial score (nSPS) is 50.6. The van der Waals surface area contributed by atoms with Crippen molar-refractivity contribution >= 4 is 5.78 Å². The first-order valence-corrected chi connectivity index (χ1v) is 8.70. The van der Waals surface area contributed by atoms with Crippen molar-refractivity contribution in [1.29, 1.82) is 0 Å². The lowest BCUT2D eigenvalue weighted by Gasteiger charge is -2.55. The van der Waals surface area contributed by atoms with Gasteiger partial charge in [0.15, 0.2) is 5.78 Å². The fraction of sp³-hybridized carbons (Fsp3) is 0.737. The minimum atomic E-state index is -0.202. The number of ketones is 1. The van der Waals surface area contributed by atoms with Gasteiger partial charge in [-0.1, -0.05) is 13.8 Å². The van der Waals surface area contributed by atoms with Crippen LogP contribution in [0.2, 0.25) is 0 Å². The molecule has 3 heteroatoms. The predicted octanol–water partition coefficient (Wildman–Crippen LogP) is 3.54. The van der Waals surface area contributed by atoms with Gasteiger partial charge in [0.1, 0.15) is 5.76 Å². The summed E-state index contributed by atoms with van der Waals surface area (Å²) in [6.45, 7) is 4.47. The minimum absolute atomic E-state index is 0.0000104. The molecule has 2 N–H and O–H groups in total. The topological polar surface area (TPSA) is 57.5 Å². The first-order chi connectivity index (χ1) is 10.4. The Morgan fingerprint density at radius 1 is 1.14 bits per heavy atom. The number of rotatable bonds is 0. The summed E-state index contributed by atoms with van der Waals surface area (Å²) >= 11 is 0. The summed E-state index contributed by atoms with van der Waals surface area (Å²) in [5.74, 6) is 1.75. The molecule has 2 saturated carbocycles. The van der Waals surface area contributed by atoms with Crippen molar-refractivity contribution in [3.05, 3.63) is 23.5 Å². The van der Waals surface area contributed by atoms with Crippen LogP contribution in [0.5, 0.6) is 0 Å². The van der Waals surface area contributed by atoms with Gasteiger partial charge in [-0.25, -0.2) is 0 Å². The zero-order chi connectivity index (χ0) is 15.7. The highest BCUT2D eigenvalue weighted by Crippen LogP contribution is 2.64. The number of carbonyl (C=O) groups excluding carboxylic acids is 1. The molecule has 0 aromatic heterocycles. The molecule has 0 aromatic rings. The monoisotopic (exact) mass is 302 g/mol. The second kappa shape index (κ2) is 4.47. The highest BCUT2D eigenvalue weighted by atomic mass is 16.3. The summed E-state index contributed by atoms with van der Waals surface area (Å²) in [5.41, 5.74) is 0.791. The third-order valence-electron chi connectivity index (χ3n) is 7.54. The van der Waals surface area contributed by atoms with E-state index in [0.717, 1.165) is 37.7 Å². The van der Waals surface area contributed by atoms with E-state index >= 15 is 0 Å². The highest BCUT2D eigenvalue weighted by molar-refractivity contribution is 5.92. The van der Waals surface area contributed by atoms with E-state index in [0.29, 0.717) is 29.9 Å². The molecule has 4 rings (SSSR count). The number of hydrogen-bond donors (Lipinski definition) is 2. The fourth-order valence-corrected chi connectivity index (χ4v) is 6.08. The average molecular weight is 302 g/mol. The highest BCUT2D eigenvalue weighted by Gasteiger charge is 2.58. The minimum Gasteiger partial charge on any atom is -0.508 e. The van der Waals surface area contributed by atoms with Crippen LogP contribution in [0, 0.1) is 28.6 Å². The Morgan fingerprint density at radius 2 is 1.91 bits per heavy atom. The van der Waals surface area contributed by atoms with E-state index in [1.807, 2.05) is 6.08 Å². The maximum absolute atomic E-state index is 11.8. The zero-order valence-electron chi connectivity index (χ0n) is 13.5. The number of fused-ring (bicyclic) bond motifs is 5. The number of carbonyl (C=O) groups is 1. The lowest BCUT2D eigenvalue weighted by Crippen LogP contribution is -2.50. The molecular weight excluding hydrogens is 276 g/mol. The Bertz CT molecular complexity index is 589. The van der Waals surface area contributed by atoms with E-state index < -0.39 is 0 Å². The second-order valence-electron chi connectivity index (χ2n) is 8.42. The summed E-state index contributed by atoms with van der Waals surface area (Å²) in [5, 5.41) is 21.0. The molecule has 4 aliphatic rings. The third kappa shape index (κ3) is 1.69. The Balaban J connectivity index is 1.80. The van der Waals surface area contributed by atoms with Gasteiger partial charge in [0.05, 0.1) is 6.10 Å². The van der Waals surface area contributed by atoms with Gasteiger partial charge in [0, 0.05) is 17.4 Å². The molecule has 120 valence electrons. The molecule has 0 amide bonds. The van der Waals surface area contributed by atoms with Gasteiger partial charge in [-0.3, -0.25) is 4.79 Å². The molecule has 0 heterocycles. The summed E-state index contributed by atoms with van der Waals surface area (Å²) in [6.07, 6.45) is 9.02. The third-order valence-corrected chi connectivity index (χ3v) is 7.54. The van der Waals surface area contributed by atoms with Gasteiger partial charge in [-0.05, 0) is 67.4 Å². The lowest BCUT2D eigenvalue weighted by molar-refractivity contribution is -0.116. The Kier molecular flexibility index (Phi) is 2.95. The molecule has 3 nitrogen and oxygen atoms in total. The van der Waals surface area contributed by atoms with Crippen LogP contribution < -0.4 is 0 Å². The van der Waals surface area contributed by atoms with Crippen molar-refractivity contribution in [3.63, 3.8) is 0 Å². The largest absolute Gasteiger partial charge is 0.508 e. The van der Waals surface area contributed by atoms with Crippen molar-refractivity contribution in [3.8, 4) is 0 Å². The van der Waals surface area contributed by atoms with Gasteiger partial charge >= 0.3 is 0 Å². The number of aliphatic hydroxyl groups is 2. The van der Waals surface area contributed by atoms with Crippen molar-refractivity contribution in [2.45, 2.75) is 58.5 Å². The molecule has 0 aliphatic heterocycles. The fourth-order valence-electron chi connectivity index (χ4n) is 6.08. The quantitative estimate of drug-likeness (QED) is 0.719. The maximum Gasteiger partial charge on any atom is 0.156 e. The van der Waals surface area contributed by atoms with Crippen molar-refractivity contribution in [1.82, 2.24) is 0 Å². The van der Waals surface area contributed by atoms with E-state index in [4.69, 9.17) is 0 Å². The number of allylic oxidation sites excluding steroid dienone is 3. The van der Waals surface area contributed by atoms with Crippen LogP contribution in [0.4, 0.5) is 0 Å². The molecule has 0 aromatic carbocycles. The Hall–Kier alpha value is -1.09. The number of aliphatic hydroxyl groups excluding tert-OH is 2. The van der Waals surface area contributed by atoms with Gasteiger partial charge in [-0.15, -0.1) is 0 Å². The van der Waals surface area contributed by atoms with Crippen LogP contribution in [0.3, 0.4) is 0 Å². The van der Waals surface area contributed by atoms with E-state index in [1.165, 1.54) is 0 Å².